The van der Waals surface area contributed by atoms with Crippen LogP contribution in [0.3, 0.4) is 0 Å². The van der Waals surface area contributed by atoms with E-state index >= 15 is 0 Å². The van der Waals surface area contributed by atoms with Gasteiger partial charge in [-0.15, -0.1) is 0 Å². The zero-order valence-corrected chi connectivity index (χ0v) is 12.2. The maximum atomic E-state index is 6.33. The highest BCUT2D eigenvalue weighted by molar-refractivity contribution is 6.34. The largest absolute Gasteiger partial charge is 0.0843 e. The Morgan fingerprint density at radius 3 is 2.00 bits per heavy atom. The lowest BCUT2D eigenvalue weighted by Crippen LogP contribution is -1.86. The van der Waals surface area contributed by atoms with Crippen LogP contribution in [0.25, 0.3) is 22.3 Å². The van der Waals surface area contributed by atoms with E-state index in [4.69, 9.17) is 23.2 Å². The molecule has 0 fully saturated rings. The molecule has 0 saturated heterocycles. The van der Waals surface area contributed by atoms with E-state index in [0.29, 0.717) is 0 Å². The second kappa shape index (κ2) is 5.70. The highest BCUT2D eigenvalue weighted by Crippen LogP contribution is 2.37. The van der Waals surface area contributed by atoms with Gasteiger partial charge in [-0.3, -0.25) is 0 Å². The summed E-state index contributed by atoms with van der Waals surface area (Å²) in [5.41, 5.74) is 4.33. The summed E-state index contributed by atoms with van der Waals surface area (Å²) in [5, 5.41) is 1.46. The van der Waals surface area contributed by atoms with Gasteiger partial charge in [-0.25, -0.2) is 0 Å². The van der Waals surface area contributed by atoms with Gasteiger partial charge in [0.1, 0.15) is 0 Å². The number of benzene rings is 3. The molecule has 0 aromatic heterocycles. The molecule has 0 bridgehead atoms. The van der Waals surface area contributed by atoms with Gasteiger partial charge in [0.05, 0.1) is 0 Å². The molecule has 0 amide bonds. The Balaban J connectivity index is 2.25. The van der Waals surface area contributed by atoms with Crippen LogP contribution in [0, 0.1) is 0 Å². The predicted molar refractivity (Wildman–Crippen MR) is 87.3 cm³/mol. The molecule has 0 N–H and O–H groups in total. The fourth-order valence-corrected chi connectivity index (χ4v) is 2.70. The molecule has 0 saturated carbocycles. The minimum Gasteiger partial charge on any atom is -0.0843 e. The topological polar surface area (TPSA) is 0 Å². The highest BCUT2D eigenvalue weighted by atomic mass is 35.5. The van der Waals surface area contributed by atoms with E-state index in [9.17, 15) is 0 Å². The molecule has 0 unspecified atom stereocenters. The molecule has 0 spiro atoms. The van der Waals surface area contributed by atoms with Crippen LogP contribution < -0.4 is 0 Å². The van der Waals surface area contributed by atoms with Gasteiger partial charge in [0.15, 0.2) is 0 Å². The molecule has 0 nitrogen and oxygen atoms in total. The minimum absolute atomic E-state index is 0.722. The molecule has 3 aromatic rings. The molecule has 20 heavy (non-hydrogen) atoms. The van der Waals surface area contributed by atoms with Crippen LogP contribution in [0.4, 0.5) is 0 Å². The summed E-state index contributed by atoms with van der Waals surface area (Å²) in [6.07, 6.45) is 0. The minimum atomic E-state index is 0.722. The molecule has 0 radical (unpaired) electrons. The molecule has 2 heteroatoms. The zero-order chi connectivity index (χ0) is 13.9. The van der Waals surface area contributed by atoms with E-state index < -0.39 is 0 Å². The van der Waals surface area contributed by atoms with Crippen molar-refractivity contribution < 1.29 is 0 Å². The highest BCUT2D eigenvalue weighted by Gasteiger charge is 2.10. The molecular weight excluding hydrogens is 287 g/mol. The fraction of sp³-hybridized carbons (Fsp3) is 0. The van der Waals surface area contributed by atoms with Gasteiger partial charge >= 0.3 is 0 Å². The molecule has 3 aromatic carbocycles. The Bertz CT molecular complexity index is 733. The summed E-state index contributed by atoms with van der Waals surface area (Å²) in [5.74, 6) is 0. The van der Waals surface area contributed by atoms with Crippen molar-refractivity contribution >= 4 is 23.2 Å². The van der Waals surface area contributed by atoms with Gasteiger partial charge in [-0.05, 0) is 34.9 Å². The molecular formula is C18H12Cl2. The third-order valence-electron chi connectivity index (χ3n) is 3.23. The first-order valence-corrected chi connectivity index (χ1v) is 7.11. The van der Waals surface area contributed by atoms with Crippen molar-refractivity contribution in [3.05, 3.63) is 82.8 Å². The lowest BCUT2D eigenvalue weighted by molar-refractivity contribution is 1.58. The molecule has 0 aliphatic rings. The third kappa shape index (κ3) is 2.58. The Morgan fingerprint density at radius 2 is 1.25 bits per heavy atom. The monoisotopic (exact) mass is 298 g/mol. The molecule has 98 valence electrons. The Kier molecular flexibility index (Phi) is 3.77. The summed E-state index contributed by atoms with van der Waals surface area (Å²) in [7, 11) is 0. The average molecular weight is 299 g/mol. The number of rotatable bonds is 2. The maximum Gasteiger partial charge on any atom is 0.0484 e. The lowest BCUT2D eigenvalue weighted by Gasteiger charge is -2.12. The van der Waals surface area contributed by atoms with Gasteiger partial charge < -0.3 is 0 Å². The predicted octanol–water partition coefficient (Wildman–Crippen LogP) is 6.33. The average Bonchev–Trinajstić information content (AvgIpc) is 2.49. The molecule has 0 aliphatic heterocycles. The number of hydrogen-bond acceptors (Lipinski definition) is 0. The zero-order valence-electron chi connectivity index (χ0n) is 10.7. The normalized spacial score (nSPS) is 10.5. The van der Waals surface area contributed by atoms with Crippen LogP contribution in [0.15, 0.2) is 72.8 Å². The first-order chi connectivity index (χ1) is 9.75. The van der Waals surface area contributed by atoms with Gasteiger partial charge in [0.25, 0.3) is 0 Å². The van der Waals surface area contributed by atoms with Gasteiger partial charge in [0.2, 0.25) is 0 Å². The summed E-state index contributed by atoms with van der Waals surface area (Å²) >= 11 is 12.5. The summed E-state index contributed by atoms with van der Waals surface area (Å²) < 4.78 is 0. The van der Waals surface area contributed by atoms with Crippen LogP contribution in [-0.4, -0.2) is 0 Å². The van der Waals surface area contributed by atoms with Crippen molar-refractivity contribution in [2.75, 3.05) is 0 Å². The van der Waals surface area contributed by atoms with Crippen molar-refractivity contribution in [2.24, 2.45) is 0 Å². The van der Waals surface area contributed by atoms with E-state index in [2.05, 4.69) is 12.1 Å². The Morgan fingerprint density at radius 1 is 0.550 bits per heavy atom. The van der Waals surface area contributed by atoms with Gasteiger partial charge in [-0.2, -0.15) is 0 Å². The molecule has 0 heterocycles. The lowest BCUT2D eigenvalue weighted by atomic mass is 9.94. The van der Waals surface area contributed by atoms with Crippen LogP contribution in [0.1, 0.15) is 0 Å². The van der Waals surface area contributed by atoms with Crippen molar-refractivity contribution in [1.82, 2.24) is 0 Å². The number of halogens is 2. The second-order valence-corrected chi connectivity index (χ2v) is 5.38. The third-order valence-corrected chi connectivity index (χ3v) is 3.80. The van der Waals surface area contributed by atoms with Crippen molar-refractivity contribution in [1.29, 1.82) is 0 Å². The van der Waals surface area contributed by atoms with E-state index in [1.165, 1.54) is 0 Å². The quantitative estimate of drug-likeness (QED) is 0.519. The van der Waals surface area contributed by atoms with Crippen molar-refractivity contribution in [3.63, 3.8) is 0 Å². The van der Waals surface area contributed by atoms with Crippen molar-refractivity contribution in [3.8, 4) is 22.3 Å². The SMILES string of the molecule is Clc1ccc(-c2ccccc2Cl)c(-c2ccccc2)c1. The van der Waals surface area contributed by atoms with Crippen LogP contribution in [0.5, 0.6) is 0 Å². The van der Waals surface area contributed by atoms with E-state index in [1.807, 2.05) is 60.7 Å². The number of hydrogen-bond donors (Lipinski definition) is 0. The van der Waals surface area contributed by atoms with E-state index in [0.717, 1.165) is 32.3 Å². The van der Waals surface area contributed by atoms with Crippen LogP contribution >= 0.6 is 23.2 Å². The Hall–Kier alpha value is -1.76. The second-order valence-electron chi connectivity index (χ2n) is 4.54. The Labute approximate surface area is 128 Å². The standard InChI is InChI=1S/C18H12Cl2/c19-14-10-11-15(16-8-4-5-9-18(16)20)17(12-14)13-6-2-1-3-7-13/h1-12H. The molecule has 3 rings (SSSR count). The fourth-order valence-electron chi connectivity index (χ4n) is 2.29. The van der Waals surface area contributed by atoms with E-state index in [-0.39, 0.29) is 0 Å². The molecule has 0 atom stereocenters. The van der Waals surface area contributed by atoms with E-state index in [1.54, 1.807) is 0 Å². The van der Waals surface area contributed by atoms with Gasteiger partial charge in [-0.1, -0.05) is 77.8 Å². The summed E-state index contributed by atoms with van der Waals surface area (Å²) in [4.78, 5) is 0. The maximum absolute atomic E-state index is 6.33. The van der Waals surface area contributed by atoms with Crippen LogP contribution in [-0.2, 0) is 0 Å². The van der Waals surface area contributed by atoms with Gasteiger partial charge in [0, 0.05) is 15.6 Å². The summed E-state index contributed by atoms with van der Waals surface area (Å²) in [6, 6.07) is 23.9. The van der Waals surface area contributed by atoms with Crippen LogP contribution in [0.2, 0.25) is 10.0 Å². The van der Waals surface area contributed by atoms with Crippen molar-refractivity contribution in [2.45, 2.75) is 0 Å². The summed E-state index contributed by atoms with van der Waals surface area (Å²) in [6.45, 7) is 0. The first kappa shape index (κ1) is 13.2. The smallest absolute Gasteiger partial charge is 0.0484 e. The molecule has 0 aliphatic carbocycles. The first-order valence-electron chi connectivity index (χ1n) is 6.35.